The molecule has 0 spiro atoms. The molecule has 2 rings (SSSR count). The molecule has 0 unspecified atom stereocenters. The Hall–Kier alpha value is -2.26. The smallest absolute Gasteiger partial charge is 0.251 e. The Labute approximate surface area is 159 Å². The lowest BCUT2D eigenvalue weighted by molar-refractivity contribution is -0.0974. The van der Waals surface area contributed by atoms with E-state index in [0.29, 0.717) is 5.56 Å². The molecule has 8 heteroatoms. The number of aryl methyl sites for hydroxylation is 1. The van der Waals surface area contributed by atoms with Crippen LogP contribution in [0, 0.1) is 6.92 Å². The van der Waals surface area contributed by atoms with Gasteiger partial charge in [-0.3, -0.25) is 4.79 Å². The molecule has 27 heavy (non-hydrogen) atoms. The fraction of sp³-hybridized carbons (Fsp3) is 0.316. The number of carbonyl (C=O) groups is 1. The van der Waals surface area contributed by atoms with Crippen molar-refractivity contribution in [3.05, 3.63) is 65.2 Å². The molecule has 2 aromatic rings. The number of carbonyl (C=O) groups excluding carboxylic acids is 1. The zero-order valence-corrected chi connectivity index (χ0v) is 16.4. The van der Waals surface area contributed by atoms with Gasteiger partial charge in [0.25, 0.3) is 5.91 Å². The van der Waals surface area contributed by atoms with E-state index in [2.05, 4.69) is 10.0 Å². The molecule has 1 amide bonds. The maximum atomic E-state index is 12.3. The summed E-state index contributed by atoms with van der Waals surface area (Å²) in [6, 6.07) is 13.3. The molecular formula is C19H24N2O5S. The number of methoxy groups -OCH3 is 2. The van der Waals surface area contributed by atoms with E-state index >= 15 is 0 Å². The molecule has 7 nitrogen and oxygen atoms in total. The van der Waals surface area contributed by atoms with E-state index < -0.39 is 16.3 Å². The summed E-state index contributed by atoms with van der Waals surface area (Å²) in [5.41, 5.74) is 2.20. The van der Waals surface area contributed by atoms with Crippen LogP contribution in [0.1, 0.15) is 21.5 Å². The van der Waals surface area contributed by atoms with Gasteiger partial charge in [-0.15, -0.1) is 0 Å². The van der Waals surface area contributed by atoms with E-state index in [4.69, 9.17) is 9.47 Å². The summed E-state index contributed by atoms with van der Waals surface area (Å²) in [6.45, 7) is 2.25. The summed E-state index contributed by atoms with van der Waals surface area (Å²) in [6.07, 6.45) is -0.510. The van der Waals surface area contributed by atoms with Crippen LogP contribution in [0.15, 0.2) is 53.4 Å². The molecule has 146 valence electrons. The molecule has 0 heterocycles. The molecule has 0 aliphatic carbocycles. The highest BCUT2D eigenvalue weighted by atomic mass is 32.2. The Balaban J connectivity index is 1.93. The summed E-state index contributed by atoms with van der Waals surface area (Å²) in [7, 11) is -0.597. The monoisotopic (exact) mass is 392 g/mol. The van der Waals surface area contributed by atoms with Gasteiger partial charge < -0.3 is 14.8 Å². The normalized spacial score (nSPS) is 11.6. The highest BCUT2D eigenvalue weighted by Crippen LogP contribution is 2.11. The van der Waals surface area contributed by atoms with Crippen molar-refractivity contribution in [2.75, 3.05) is 20.8 Å². The van der Waals surface area contributed by atoms with E-state index in [9.17, 15) is 13.2 Å². The standard InChI is InChI=1S/C19H24N2O5S/c1-14-4-10-17(11-5-14)27(23,24)21-12-15-6-8-16(9-7-15)19(22)20-13-18(25-2)26-3/h4-11,18,21H,12-13H2,1-3H3,(H,20,22). The lowest BCUT2D eigenvalue weighted by atomic mass is 10.1. The minimum absolute atomic E-state index is 0.132. The van der Waals surface area contributed by atoms with Crippen LogP contribution in [0.4, 0.5) is 0 Å². The molecule has 0 radical (unpaired) electrons. The van der Waals surface area contributed by atoms with Crippen molar-refractivity contribution < 1.29 is 22.7 Å². The van der Waals surface area contributed by atoms with Crippen molar-refractivity contribution in [3.8, 4) is 0 Å². The predicted molar refractivity (Wildman–Crippen MR) is 102 cm³/mol. The van der Waals surface area contributed by atoms with Gasteiger partial charge in [0.1, 0.15) is 0 Å². The van der Waals surface area contributed by atoms with E-state index in [0.717, 1.165) is 11.1 Å². The summed E-state index contributed by atoms with van der Waals surface area (Å²) < 4.78 is 37.2. The van der Waals surface area contributed by atoms with E-state index in [1.165, 1.54) is 14.2 Å². The van der Waals surface area contributed by atoms with Gasteiger partial charge in [-0.05, 0) is 36.8 Å². The molecule has 0 aromatic heterocycles. The summed E-state index contributed by atoms with van der Waals surface area (Å²) in [5, 5.41) is 2.70. The average molecular weight is 392 g/mol. The minimum atomic E-state index is -3.58. The molecule has 0 atom stereocenters. The lowest BCUT2D eigenvalue weighted by Crippen LogP contribution is -2.34. The summed E-state index contributed by atoms with van der Waals surface area (Å²) in [5.74, 6) is -0.263. The van der Waals surface area contributed by atoms with Gasteiger partial charge in [-0.25, -0.2) is 13.1 Å². The Morgan fingerprint density at radius 1 is 1.00 bits per heavy atom. The predicted octanol–water partition coefficient (Wildman–Crippen LogP) is 1.82. The Morgan fingerprint density at radius 3 is 2.15 bits per heavy atom. The van der Waals surface area contributed by atoms with Gasteiger partial charge in [0.05, 0.1) is 11.4 Å². The third-order valence-electron chi connectivity index (χ3n) is 3.97. The first-order chi connectivity index (χ1) is 12.9. The van der Waals surface area contributed by atoms with Gasteiger partial charge in [-0.1, -0.05) is 29.8 Å². The lowest BCUT2D eigenvalue weighted by Gasteiger charge is -2.14. The van der Waals surface area contributed by atoms with Crippen LogP contribution in [0.25, 0.3) is 0 Å². The number of amides is 1. The van der Waals surface area contributed by atoms with Gasteiger partial charge in [-0.2, -0.15) is 0 Å². The number of ether oxygens (including phenoxy) is 2. The molecule has 0 aliphatic heterocycles. The molecule has 0 aliphatic rings. The highest BCUT2D eigenvalue weighted by molar-refractivity contribution is 7.89. The zero-order chi connectivity index (χ0) is 19.9. The quantitative estimate of drug-likeness (QED) is 0.635. The van der Waals surface area contributed by atoms with Gasteiger partial charge in [0, 0.05) is 26.3 Å². The molecule has 0 saturated carbocycles. The average Bonchev–Trinajstić information content (AvgIpc) is 2.68. The number of hydrogen-bond donors (Lipinski definition) is 2. The van der Waals surface area contributed by atoms with E-state index in [1.54, 1.807) is 48.5 Å². The van der Waals surface area contributed by atoms with Crippen LogP contribution >= 0.6 is 0 Å². The van der Waals surface area contributed by atoms with E-state index in [-0.39, 0.29) is 23.9 Å². The van der Waals surface area contributed by atoms with Crippen LogP contribution in [-0.2, 0) is 26.0 Å². The zero-order valence-electron chi connectivity index (χ0n) is 15.6. The molecule has 0 saturated heterocycles. The van der Waals surface area contributed by atoms with Crippen LogP contribution in [0.3, 0.4) is 0 Å². The second kappa shape index (κ2) is 9.61. The number of rotatable bonds is 9. The second-order valence-electron chi connectivity index (χ2n) is 5.95. The van der Waals surface area contributed by atoms with Crippen molar-refractivity contribution in [2.24, 2.45) is 0 Å². The molecule has 2 N–H and O–H groups in total. The van der Waals surface area contributed by atoms with Crippen LogP contribution in [0.2, 0.25) is 0 Å². The van der Waals surface area contributed by atoms with Gasteiger partial charge in [0.2, 0.25) is 10.0 Å². The van der Waals surface area contributed by atoms with Gasteiger partial charge in [0.15, 0.2) is 6.29 Å². The highest BCUT2D eigenvalue weighted by Gasteiger charge is 2.14. The van der Waals surface area contributed by atoms with Crippen LogP contribution in [0.5, 0.6) is 0 Å². The largest absolute Gasteiger partial charge is 0.354 e. The van der Waals surface area contributed by atoms with Crippen molar-refractivity contribution in [2.45, 2.75) is 24.7 Å². The molecule has 2 aromatic carbocycles. The fourth-order valence-corrected chi connectivity index (χ4v) is 3.31. The first-order valence-electron chi connectivity index (χ1n) is 8.35. The maximum Gasteiger partial charge on any atom is 0.251 e. The third kappa shape index (κ3) is 6.14. The molecule has 0 fully saturated rings. The molecular weight excluding hydrogens is 368 g/mol. The number of hydrogen-bond acceptors (Lipinski definition) is 5. The Morgan fingerprint density at radius 2 is 1.59 bits per heavy atom. The number of benzene rings is 2. The minimum Gasteiger partial charge on any atom is -0.354 e. The Bertz CT molecular complexity index is 845. The maximum absolute atomic E-state index is 12.3. The first-order valence-corrected chi connectivity index (χ1v) is 9.83. The topological polar surface area (TPSA) is 93.7 Å². The summed E-state index contributed by atoms with van der Waals surface area (Å²) >= 11 is 0. The Kier molecular flexibility index (Phi) is 7.49. The van der Waals surface area contributed by atoms with Crippen molar-refractivity contribution in [1.29, 1.82) is 0 Å². The number of nitrogens with one attached hydrogen (secondary N) is 2. The number of sulfonamides is 1. The van der Waals surface area contributed by atoms with Crippen LogP contribution in [-0.4, -0.2) is 41.4 Å². The SMILES string of the molecule is COC(CNC(=O)c1ccc(CNS(=O)(=O)c2ccc(C)cc2)cc1)OC. The van der Waals surface area contributed by atoms with E-state index in [1.807, 2.05) is 6.92 Å². The summed E-state index contributed by atoms with van der Waals surface area (Å²) in [4.78, 5) is 12.3. The first kappa shape index (κ1) is 21.0. The molecule has 0 bridgehead atoms. The van der Waals surface area contributed by atoms with Gasteiger partial charge >= 0.3 is 0 Å². The second-order valence-corrected chi connectivity index (χ2v) is 7.71. The van der Waals surface area contributed by atoms with Crippen LogP contribution < -0.4 is 10.0 Å². The van der Waals surface area contributed by atoms with Crippen molar-refractivity contribution in [1.82, 2.24) is 10.0 Å². The van der Waals surface area contributed by atoms with Crippen molar-refractivity contribution in [3.63, 3.8) is 0 Å². The fourth-order valence-electron chi connectivity index (χ4n) is 2.29. The van der Waals surface area contributed by atoms with Crippen molar-refractivity contribution >= 4 is 15.9 Å². The third-order valence-corrected chi connectivity index (χ3v) is 5.39.